The Morgan fingerprint density at radius 1 is 1.22 bits per heavy atom. The average molecular weight is 319 g/mol. The Morgan fingerprint density at radius 3 is 2.30 bits per heavy atom. The molecule has 0 aliphatic carbocycles. The molecule has 0 bridgehead atoms. The summed E-state index contributed by atoms with van der Waals surface area (Å²) in [7, 11) is -0.640. The molecular weight excluding hydrogens is 297 g/mol. The molecule has 0 radical (unpaired) electrons. The number of hydrogen-bond donors (Lipinski definition) is 0. The molecule has 0 amide bonds. The van der Waals surface area contributed by atoms with E-state index in [1.807, 2.05) is 32.6 Å². The van der Waals surface area contributed by atoms with Gasteiger partial charge in [0.15, 0.2) is 0 Å². The van der Waals surface area contributed by atoms with Crippen LogP contribution in [-0.4, -0.2) is 41.3 Å². The van der Waals surface area contributed by atoms with E-state index in [0.29, 0.717) is 11.3 Å². The maximum atomic E-state index is 11.5. The predicted molar refractivity (Wildman–Crippen MR) is 88.1 cm³/mol. The molecule has 2 fully saturated rings. The van der Waals surface area contributed by atoms with Gasteiger partial charge in [-0.3, -0.25) is 10.1 Å². The van der Waals surface area contributed by atoms with Crippen molar-refractivity contribution in [2.75, 3.05) is 18.0 Å². The van der Waals surface area contributed by atoms with Crippen molar-refractivity contribution in [2.24, 2.45) is 0 Å². The SMILES string of the molecule is CC1(C)OB(c2cnc(N3CCCC3)c([N+](=O)[O-])c2)OC1(C)C. The fourth-order valence-electron chi connectivity index (χ4n) is 2.88. The fraction of sp³-hybridized carbons (Fsp3) is 0.667. The molecule has 0 spiro atoms. The molecule has 0 unspecified atom stereocenters. The summed E-state index contributed by atoms with van der Waals surface area (Å²) in [5, 5.41) is 11.5. The lowest BCUT2D eigenvalue weighted by atomic mass is 9.80. The number of rotatable bonds is 3. The van der Waals surface area contributed by atoms with Crippen molar-refractivity contribution in [3.63, 3.8) is 0 Å². The molecule has 124 valence electrons. The standard InChI is InChI=1S/C15H22BN3O4/c1-14(2)15(3,4)23-16(22-14)11-9-12(19(20)21)13(17-10-11)18-7-5-6-8-18/h9-10H,5-8H2,1-4H3. The molecular formula is C15H22BN3O4. The number of aromatic nitrogens is 1. The summed E-state index contributed by atoms with van der Waals surface area (Å²) in [6, 6.07) is 1.53. The second kappa shape index (κ2) is 5.45. The van der Waals surface area contributed by atoms with E-state index in [2.05, 4.69) is 4.98 Å². The van der Waals surface area contributed by atoms with Crippen molar-refractivity contribution in [3.8, 4) is 0 Å². The van der Waals surface area contributed by atoms with E-state index in [9.17, 15) is 10.1 Å². The Morgan fingerprint density at radius 2 is 1.78 bits per heavy atom. The van der Waals surface area contributed by atoms with Crippen LogP contribution >= 0.6 is 0 Å². The molecule has 8 heteroatoms. The third-order valence-electron chi connectivity index (χ3n) is 5.00. The molecule has 2 saturated heterocycles. The maximum Gasteiger partial charge on any atom is 0.496 e. The first-order valence-corrected chi connectivity index (χ1v) is 7.96. The Kier molecular flexibility index (Phi) is 3.84. The molecule has 3 heterocycles. The molecule has 0 aromatic carbocycles. The van der Waals surface area contributed by atoms with Crippen LogP contribution < -0.4 is 10.4 Å². The van der Waals surface area contributed by atoms with E-state index in [4.69, 9.17) is 9.31 Å². The van der Waals surface area contributed by atoms with Gasteiger partial charge in [0.2, 0.25) is 5.82 Å². The first-order valence-electron chi connectivity index (χ1n) is 7.96. The van der Waals surface area contributed by atoms with E-state index in [1.165, 1.54) is 6.07 Å². The van der Waals surface area contributed by atoms with E-state index in [-0.39, 0.29) is 10.6 Å². The molecule has 1 aromatic heterocycles. The zero-order valence-electron chi connectivity index (χ0n) is 14.0. The van der Waals surface area contributed by atoms with Crippen LogP contribution in [0.4, 0.5) is 11.5 Å². The molecule has 3 rings (SSSR count). The van der Waals surface area contributed by atoms with Gasteiger partial charge >= 0.3 is 12.8 Å². The van der Waals surface area contributed by atoms with Crippen molar-refractivity contribution >= 4 is 24.1 Å². The second-order valence-electron chi connectivity index (χ2n) is 7.15. The Hall–Kier alpha value is -1.67. The summed E-state index contributed by atoms with van der Waals surface area (Å²) in [6.45, 7) is 9.43. The lowest BCUT2D eigenvalue weighted by Gasteiger charge is -2.32. The van der Waals surface area contributed by atoms with Crippen LogP contribution in [-0.2, 0) is 9.31 Å². The van der Waals surface area contributed by atoms with Gasteiger partial charge in [-0.25, -0.2) is 4.98 Å². The van der Waals surface area contributed by atoms with Gasteiger partial charge in [-0.15, -0.1) is 0 Å². The van der Waals surface area contributed by atoms with Gasteiger partial charge in [0, 0.05) is 30.8 Å². The molecule has 2 aliphatic rings. The number of pyridine rings is 1. The summed E-state index contributed by atoms with van der Waals surface area (Å²) in [5.41, 5.74) is -0.377. The summed E-state index contributed by atoms with van der Waals surface area (Å²) in [4.78, 5) is 17.4. The smallest absolute Gasteiger partial charge is 0.399 e. The molecule has 1 aromatic rings. The van der Waals surface area contributed by atoms with Crippen molar-refractivity contribution in [1.29, 1.82) is 0 Å². The highest BCUT2D eigenvalue weighted by molar-refractivity contribution is 6.62. The third-order valence-corrected chi connectivity index (χ3v) is 5.00. The summed E-state index contributed by atoms with van der Waals surface area (Å²) < 4.78 is 11.9. The van der Waals surface area contributed by atoms with Crippen molar-refractivity contribution in [2.45, 2.75) is 51.7 Å². The first-order chi connectivity index (χ1) is 10.7. The monoisotopic (exact) mass is 319 g/mol. The van der Waals surface area contributed by atoms with Crippen molar-refractivity contribution in [1.82, 2.24) is 4.98 Å². The lowest BCUT2D eigenvalue weighted by Crippen LogP contribution is -2.41. The van der Waals surface area contributed by atoms with Crippen LogP contribution in [0.1, 0.15) is 40.5 Å². The van der Waals surface area contributed by atoms with Gasteiger partial charge in [0.05, 0.1) is 16.1 Å². The molecule has 0 atom stereocenters. The zero-order valence-corrected chi connectivity index (χ0v) is 14.0. The molecule has 0 saturated carbocycles. The highest BCUT2D eigenvalue weighted by Crippen LogP contribution is 2.37. The third kappa shape index (κ3) is 2.81. The van der Waals surface area contributed by atoms with Gasteiger partial charge < -0.3 is 14.2 Å². The zero-order chi connectivity index (χ0) is 16.8. The number of nitro groups is 1. The fourth-order valence-corrected chi connectivity index (χ4v) is 2.88. The molecule has 0 N–H and O–H groups in total. The normalized spacial score (nSPS) is 22.6. The Balaban J connectivity index is 1.93. The first kappa shape index (κ1) is 16.2. The summed E-state index contributed by atoms with van der Waals surface area (Å²) in [6.07, 6.45) is 3.71. The van der Waals surface area contributed by atoms with Gasteiger partial charge in [0.25, 0.3) is 0 Å². The quantitative estimate of drug-likeness (QED) is 0.481. The second-order valence-corrected chi connectivity index (χ2v) is 7.15. The van der Waals surface area contributed by atoms with Crippen molar-refractivity contribution in [3.05, 3.63) is 22.4 Å². The predicted octanol–water partition coefficient (Wildman–Crippen LogP) is 1.89. The lowest BCUT2D eigenvalue weighted by molar-refractivity contribution is -0.384. The Bertz CT molecular complexity index is 613. The minimum absolute atomic E-state index is 0.0131. The van der Waals surface area contributed by atoms with Crippen LogP contribution in [0.15, 0.2) is 12.3 Å². The number of hydrogen-bond acceptors (Lipinski definition) is 6. The number of nitrogens with zero attached hydrogens (tertiary/aromatic N) is 3. The molecule has 2 aliphatic heterocycles. The van der Waals surface area contributed by atoms with Crippen LogP contribution in [0.25, 0.3) is 0 Å². The largest absolute Gasteiger partial charge is 0.496 e. The van der Waals surface area contributed by atoms with Gasteiger partial charge in [-0.1, -0.05) is 0 Å². The minimum Gasteiger partial charge on any atom is -0.399 e. The van der Waals surface area contributed by atoms with E-state index >= 15 is 0 Å². The summed E-state index contributed by atoms with van der Waals surface area (Å²) >= 11 is 0. The maximum absolute atomic E-state index is 11.5. The van der Waals surface area contributed by atoms with Gasteiger partial charge in [0.1, 0.15) is 0 Å². The van der Waals surface area contributed by atoms with E-state index < -0.39 is 18.3 Å². The van der Waals surface area contributed by atoms with Crippen LogP contribution in [0.5, 0.6) is 0 Å². The topological polar surface area (TPSA) is 77.7 Å². The van der Waals surface area contributed by atoms with E-state index in [0.717, 1.165) is 25.9 Å². The average Bonchev–Trinajstić information content (AvgIpc) is 3.05. The molecule has 23 heavy (non-hydrogen) atoms. The highest BCUT2D eigenvalue weighted by atomic mass is 16.7. The Labute approximate surface area is 136 Å². The van der Waals surface area contributed by atoms with Crippen molar-refractivity contribution < 1.29 is 14.2 Å². The van der Waals surface area contributed by atoms with Crippen LogP contribution in [0.3, 0.4) is 0 Å². The molecule has 7 nitrogen and oxygen atoms in total. The van der Waals surface area contributed by atoms with Crippen LogP contribution in [0, 0.1) is 10.1 Å². The highest BCUT2D eigenvalue weighted by Gasteiger charge is 2.52. The van der Waals surface area contributed by atoms with E-state index in [1.54, 1.807) is 6.20 Å². The van der Waals surface area contributed by atoms with Gasteiger partial charge in [-0.05, 0) is 40.5 Å². The summed E-state index contributed by atoms with van der Waals surface area (Å²) in [5.74, 6) is 0.438. The minimum atomic E-state index is -0.640. The van der Waals surface area contributed by atoms with Gasteiger partial charge in [-0.2, -0.15) is 0 Å². The van der Waals surface area contributed by atoms with Crippen LogP contribution in [0.2, 0.25) is 0 Å². The number of anilines is 1.